The molecule has 0 aromatic heterocycles. The van der Waals surface area contributed by atoms with E-state index in [4.69, 9.17) is 15.2 Å². The molecule has 0 radical (unpaired) electrons. The van der Waals surface area contributed by atoms with Crippen LogP contribution in [0.3, 0.4) is 0 Å². The zero-order valence-electron chi connectivity index (χ0n) is 10.7. The Morgan fingerprint density at radius 1 is 1.56 bits per heavy atom. The maximum atomic E-state index is 12.2. The van der Waals surface area contributed by atoms with E-state index in [9.17, 15) is 4.79 Å². The molecule has 1 heterocycles. The summed E-state index contributed by atoms with van der Waals surface area (Å²) in [6, 6.07) is 5.30. The minimum absolute atomic E-state index is 0.0274. The number of hydrogen-bond donors (Lipinski definition) is 1. The third kappa shape index (κ3) is 2.41. The zero-order valence-corrected chi connectivity index (χ0v) is 10.7. The normalized spacial score (nSPS) is 18.9. The van der Waals surface area contributed by atoms with Crippen molar-refractivity contribution in [3.05, 3.63) is 23.8 Å². The quantitative estimate of drug-likeness (QED) is 0.864. The summed E-state index contributed by atoms with van der Waals surface area (Å²) < 4.78 is 11.1. The molecule has 1 amide bonds. The first-order chi connectivity index (χ1) is 8.63. The van der Waals surface area contributed by atoms with Gasteiger partial charge in [-0.25, -0.2) is 0 Å². The van der Waals surface area contributed by atoms with Gasteiger partial charge in [0.15, 0.2) is 0 Å². The second-order valence-electron chi connectivity index (χ2n) is 4.37. The van der Waals surface area contributed by atoms with Gasteiger partial charge in [-0.05, 0) is 19.1 Å². The molecule has 98 valence electrons. The van der Waals surface area contributed by atoms with E-state index >= 15 is 0 Å². The van der Waals surface area contributed by atoms with Gasteiger partial charge in [0, 0.05) is 19.7 Å². The fourth-order valence-electron chi connectivity index (χ4n) is 1.78. The van der Waals surface area contributed by atoms with E-state index in [0.29, 0.717) is 36.8 Å². The van der Waals surface area contributed by atoms with E-state index in [1.807, 2.05) is 6.92 Å². The van der Waals surface area contributed by atoms with Gasteiger partial charge in [-0.3, -0.25) is 4.79 Å². The van der Waals surface area contributed by atoms with E-state index in [2.05, 4.69) is 0 Å². The molecule has 0 bridgehead atoms. The molecule has 1 atom stereocenters. The second-order valence-corrected chi connectivity index (χ2v) is 4.37. The Morgan fingerprint density at radius 2 is 2.33 bits per heavy atom. The van der Waals surface area contributed by atoms with Gasteiger partial charge in [-0.15, -0.1) is 0 Å². The van der Waals surface area contributed by atoms with Gasteiger partial charge in [-0.1, -0.05) is 0 Å². The van der Waals surface area contributed by atoms with E-state index in [1.165, 1.54) is 0 Å². The summed E-state index contributed by atoms with van der Waals surface area (Å²) in [5.41, 5.74) is 5.95. The van der Waals surface area contributed by atoms with Crippen LogP contribution in [0.2, 0.25) is 0 Å². The molecule has 0 fully saturated rings. The van der Waals surface area contributed by atoms with Crippen LogP contribution in [0.4, 0.5) is 0 Å². The minimum Gasteiger partial charge on any atom is -0.492 e. The number of amides is 1. The zero-order chi connectivity index (χ0) is 13.1. The first-order valence-corrected chi connectivity index (χ1v) is 6.00. The van der Waals surface area contributed by atoms with Gasteiger partial charge in [0.25, 0.3) is 5.91 Å². The molecule has 0 saturated carbocycles. The Bertz CT molecular complexity index is 448. The highest BCUT2D eigenvalue weighted by Gasteiger charge is 2.25. The summed E-state index contributed by atoms with van der Waals surface area (Å²) in [6.45, 7) is 3.34. The molecule has 2 N–H and O–H groups in total. The lowest BCUT2D eigenvalue weighted by molar-refractivity contribution is 0.0732. The minimum atomic E-state index is -0.0274. The summed E-state index contributed by atoms with van der Waals surface area (Å²) in [5, 5.41) is 0. The molecule has 5 heteroatoms. The molecule has 18 heavy (non-hydrogen) atoms. The summed E-state index contributed by atoms with van der Waals surface area (Å²) in [5.74, 6) is 1.22. The molecule has 0 spiro atoms. The molecule has 1 unspecified atom stereocenters. The van der Waals surface area contributed by atoms with Crippen LogP contribution in [0.5, 0.6) is 11.5 Å². The van der Waals surface area contributed by atoms with Gasteiger partial charge in [0.1, 0.15) is 24.7 Å². The van der Waals surface area contributed by atoms with Crippen molar-refractivity contribution < 1.29 is 14.3 Å². The number of nitrogens with zero attached hydrogens (tertiary/aromatic N) is 1. The average molecular weight is 250 g/mol. The van der Waals surface area contributed by atoms with Crippen molar-refractivity contribution in [1.82, 2.24) is 4.90 Å². The van der Waals surface area contributed by atoms with Crippen LogP contribution >= 0.6 is 0 Å². The largest absolute Gasteiger partial charge is 0.492 e. The van der Waals surface area contributed by atoms with Crippen molar-refractivity contribution in [3.8, 4) is 11.5 Å². The molecule has 0 saturated heterocycles. The number of carbonyl (C=O) groups is 1. The van der Waals surface area contributed by atoms with Gasteiger partial charge in [-0.2, -0.15) is 0 Å². The molecule has 2 rings (SSSR count). The maximum Gasteiger partial charge on any atom is 0.257 e. The first-order valence-electron chi connectivity index (χ1n) is 6.00. The van der Waals surface area contributed by atoms with E-state index in [0.717, 1.165) is 0 Å². The molecule has 1 aromatic rings. The highest BCUT2D eigenvalue weighted by atomic mass is 16.5. The molecule has 0 aliphatic carbocycles. The summed E-state index contributed by atoms with van der Waals surface area (Å²) in [6.07, 6.45) is 0. The van der Waals surface area contributed by atoms with Crippen molar-refractivity contribution in [1.29, 1.82) is 0 Å². The van der Waals surface area contributed by atoms with Crippen molar-refractivity contribution in [2.45, 2.75) is 13.0 Å². The lowest BCUT2D eigenvalue weighted by Crippen LogP contribution is -2.36. The molecule has 1 aromatic carbocycles. The summed E-state index contributed by atoms with van der Waals surface area (Å²) >= 11 is 0. The van der Waals surface area contributed by atoms with Gasteiger partial charge >= 0.3 is 0 Å². The number of hydrogen-bond acceptors (Lipinski definition) is 4. The van der Waals surface area contributed by atoms with Crippen LogP contribution in [0.1, 0.15) is 17.3 Å². The number of fused-ring (bicyclic) bond motifs is 1. The number of likely N-dealkylation sites (N-methyl/N-ethyl adjacent to an activating group) is 1. The van der Waals surface area contributed by atoms with E-state index in [1.54, 1.807) is 30.1 Å². The fraction of sp³-hybridized carbons (Fsp3) is 0.462. The Labute approximate surface area is 106 Å². The summed E-state index contributed by atoms with van der Waals surface area (Å²) in [4.78, 5) is 13.8. The van der Waals surface area contributed by atoms with Crippen LogP contribution in [-0.2, 0) is 0 Å². The Kier molecular flexibility index (Phi) is 3.72. The van der Waals surface area contributed by atoms with E-state index in [-0.39, 0.29) is 11.9 Å². The third-order valence-electron chi connectivity index (χ3n) is 3.03. The average Bonchev–Trinajstić information content (AvgIpc) is 2.49. The topological polar surface area (TPSA) is 64.8 Å². The molecule has 5 nitrogen and oxygen atoms in total. The Balaban J connectivity index is 2.28. The van der Waals surface area contributed by atoms with Crippen LogP contribution < -0.4 is 15.2 Å². The lowest BCUT2D eigenvalue weighted by atomic mass is 10.1. The summed E-state index contributed by atoms with van der Waals surface area (Å²) in [7, 11) is 1.78. The van der Waals surface area contributed by atoms with Crippen molar-refractivity contribution >= 4 is 5.91 Å². The van der Waals surface area contributed by atoms with Crippen molar-refractivity contribution in [2.75, 3.05) is 26.8 Å². The number of carbonyl (C=O) groups excluding carboxylic acids is 1. The van der Waals surface area contributed by atoms with Crippen molar-refractivity contribution in [3.63, 3.8) is 0 Å². The Morgan fingerprint density at radius 3 is 3.06 bits per heavy atom. The van der Waals surface area contributed by atoms with Gasteiger partial charge in [0.05, 0.1) is 11.6 Å². The predicted molar refractivity (Wildman–Crippen MR) is 68.0 cm³/mol. The number of ether oxygens (including phenoxy) is 2. The highest BCUT2D eigenvalue weighted by Crippen LogP contribution is 2.28. The van der Waals surface area contributed by atoms with Crippen LogP contribution in [-0.4, -0.2) is 43.7 Å². The van der Waals surface area contributed by atoms with Crippen LogP contribution in [0.15, 0.2) is 18.2 Å². The van der Waals surface area contributed by atoms with E-state index < -0.39 is 0 Å². The van der Waals surface area contributed by atoms with Gasteiger partial charge < -0.3 is 20.1 Å². The lowest BCUT2D eigenvalue weighted by Gasteiger charge is -2.20. The molecular weight excluding hydrogens is 232 g/mol. The van der Waals surface area contributed by atoms with Crippen molar-refractivity contribution in [2.24, 2.45) is 5.73 Å². The first kappa shape index (κ1) is 12.7. The molecular formula is C13H18N2O3. The fourth-order valence-corrected chi connectivity index (χ4v) is 1.78. The number of nitrogens with two attached hydrogens (primary N) is 1. The monoisotopic (exact) mass is 250 g/mol. The standard InChI is InChI=1S/C13H18N2O3/c1-9-8-18-12-7-10(17-6-5-14)3-4-11(12)13(16)15(9)2/h3-4,7,9H,5-6,8,14H2,1-2H3. The molecule has 1 aliphatic rings. The third-order valence-corrected chi connectivity index (χ3v) is 3.03. The highest BCUT2D eigenvalue weighted by molar-refractivity contribution is 5.97. The Hall–Kier alpha value is -1.75. The van der Waals surface area contributed by atoms with Crippen LogP contribution in [0.25, 0.3) is 0 Å². The SMILES string of the molecule is CC1COc2cc(OCCN)ccc2C(=O)N1C. The second kappa shape index (κ2) is 5.27. The number of rotatable bonds is 3. The smallest absolute Gasteiger partial charge is 0.257 e. The maximum absolute atomic E-state index is 12.2. The van der Waals surface area contributed by atoms with Gasteiger partial charge in [0.2, 0.25) is 0 Å². The molecule has 1 aliphatic heterocycles. The number of benzene rings is 1. The predicted octanol–water partition coefficient (Wildman–Crippen LogP) is 0.877. The van der Waals surface area contributed by atoms with Crippen LogP contribution in [0, 0.1) is 0 Å².